The lowest BCUT2D eigenvalue weighted by atomic mass is 9.90. The molecule has 5 nitrogen and oxygen atoms in total. The van der Waals surface area contributed by atoms with Gasteiger partial charge in [0, 0.05) is 5.56 Å². The van der Waals surface area contributed by atoms with Gasteiger partial charge in [-0.25, -0.2) is 4.79 Å². The average molecular weight is 362 g/mol. The number of benzene rings is 3. The molecule has 0 amide bonds. The van der Waals surface area contributed by atoms with Crippen molar-refractivity contribution in [1.82, 2.24) is 0 Å². The first-order valence-electron chi connectivity index (χ1n) is 8.48. The summed E-state index contributed by atoms with van der Waals surface area (Å²) in [6.07, 6.45) is 2.01. The van der Waals surface area contributed by atoms with Gasteiger partial charge in [0.05, 0.1) is 14.2 Å². The van der Waals surface area contributed by atoms with E-state index in [2.05, 4.69) is 0 Å². The van der Waals surface area contributed by atoms with Crippen LogP contribution in [0.25, 0.3) is 16.3 Å². The normalized spacial score (nSPS) is 12.7. The number of phenols is 1. The van der Waals surface area contributed by atoms with Gasteiger partial charge in [0.25, 0.3) is 0 Å². The van der Waals surface area contributed by atoms with Crippen LogP contribution in [-0.2, 0) is 4.74 Å². The average Bonchev–Trinajstić information content (AvgIpc) is 2.72. The van der Waals surface area contributed by atoms with Crippen LogP contribution >= 0.6 is 0 Å². The van der Waals surface area contributed by atoms with Crippen molar-refractivity contribution in [2.45, 2.75) is 0 Å². The third-order valence-electron chi connectivity index (χ3n) is 4.70. The van der Waals surface area contributed by atoms with Gasteiger partial charge >= 0.3 is 5.97 Å². The minimum atomic E-state index is -0.585. The number of aromatic hydroxyl groups is 1. The number of carbonyl (C=O) groups excluding carboxylic acids is 1. The van der Waals surface area contributed by atoms with Gasteiger partial charge in [-0.15, -0.1) is 0 Å². The van der Waals surface area contributed by atoms with E-state index >= 15 is 0 Å². The van der Waals surface area contributed by atoms with Gasteiger partial charge in [0.15, 0.2) is 0 Å². The summed E-state index contributed by atoms with van der Waals surface area (Å²) in [7, 11) is 2.92. The zero-order valence-electron chi connectivity index (χ0n) is 15.0. The highest BCUT2D eigenvalue weighted by Gasteiger charge is 2.21. The molecule has 1 aliphatic rings. The molecule has 0 aromatic heterocycles. The second-order valence-electron chi connectivity index (χ2n) is 6.18. The third kappa shape index (κ3) is 2.87. The summed E-state index contributed by atoms with van der Waals surface area (Å²) >= 11 is 0. The van der Waals surface area contributed by atoms with E-state index in [0.717, 1.165) is 39.0 Å². The fourth-order valence-electron chi connectivity index (χ4n) is 3.36. The molecular weight excluding hydrogens is 344 g/mol. The van der Waals surface area contributed by atoms with E-state index in [0.29, 0.717) is 6.61 Å². The molecule has 0 saturated heterocycles. The summed E-state index contributed by atoms with van der Waals surface area (Å²) < 4.78 is 15.8. The van der Waals surface area contributed by atoms with Crippen molar-refractivity contribution in [3.05, 3.63) is 71.3 Å². The van der Waals surface area contributed by atoms with Crippen LogP contribution in [0.4, 0.5) is 0 Å². The van der Waals surface area contributed by atoms with Crippen molar-refractivity contribution in [2.75, 3.05) is 20.8 Å². The molecule has 27 heavy (non-hydrogen) atoms. The second-order valence-corrected chi connectivity index (χ2v) is 6.18. The first kappa shape index (κ1) is 17.0. The van der Waals surface area contributed by atoms with Crippen LogP contribution in [0.15, 0.2) is 54.6 Å². The summed E-state index contributed by atoms with van der Waals surface area (Å²) in [5, 5.41) is 11.8. The highest BCUT2D eigenvalue weighted by atomic mass is 16.5. The summed E-state index contributed by atoms with van der Waals surface area (Å²) in [5.41, 5.74) is 3.03. The van der Waals surface area contributed by atoms with Crippen LogP contribution < -0.4 is 9.47 Å². The Kier molecular flexibility index (Phi) is 4.20. The van der Waals surface area contributed by atoms with Crippen molar-refractivity contribution in [3.8, 4) is 17.2 Å². The maximum atomic E-state index is 12.0. The highest BCUT2D eigenvalue weighted by Crippen LogP contribution is 2.41. The fraction of sp³-hybridized carbons (Fsp3) is 0.136. The molecule has 0 saturated carbocycles. The van der Waals surface area contributed by atoms with Gasteiger partial charge < -0.3 is 19.3 Å². The van der Waals surface area contributed by atoms with Gasteiger partial charge in [-0.1, -0.05) is 18.2 Å². The number of carbonyl (C=O) groups is 1. The van der Waals surface area contributed by atoms with Crippen LogP contribution in [0.5, 0.6) is 17.2 Å². The second kappa shape index (κ2) is 6.68. The van der Waals surface area contributed by atoms with Crippen LogP contribution in [-0.4, -0.2) is 31.9 Å². The summed E-state index contributed by atoms with van der Waals surface area (Å²) in [6.45, 7) is 0.460. The Bertz CT molecular complexity index is 1060. The minimum Gasteiger partial charge on any atom is -0.507 e. The number of hydrogen-bond donors (Lipinski definition) is 1. The Labute approximate surface area is 156 Å². The molecule has 0 bridgehead atoms. The molecule has 0 aliphatic carbocycles. The largest absolute Gasteiger partial charge is 0.507 e. The monoisotopic (exact) mass is 362 g/mol. The molecule has 0 unspecified atom stereocenters. The van der Waals surface area contributed by atoms with Crippen LogP contribution in [0, 0.1) is 0 Å². The van der Waals surface area contributed by atoms with Crippen molar-refractivity contribution in [1.29, 1.82) is 0 Å². The van der Waals surface area contributed by atoms with Crippen molar-refractivity contribution < 1.29 is 24.1 Å². The van der Waals surface area contributed by atoms with Gasteiger partial charge in [-0.2, -0.15) is 0 Å². The lowest BCUT2D eigenvalue weighted by molar-refractivity contribution is 0.0597. The molecule has 1 N–H and O–H groups in total. The predicted octanol–water partition coefficient (Wildman–Crippen LogP) is 4.16. The number of hydrogen-bond acceptors (Lipinski definition) is 5. The van der Waals surface area contributed by atoms with Gasteiger partial charge in [0.2, 0.25) is 0 Å². The quantitative estimate of drug-likeness (QED) is 0.709. The van der Waals surface area contributed by atoms with Crippen LogP contribution in [0.3, 0.4) is 0 Å². The Balaban J connectivity index is 1.95. The van der Waals surface area contributed by atoms with Crippen molar-refractivity contribution in [3.63, 3.8) is 0 Å². The van der Waals surface area contributed by atoms with Crippen LogP contribution in [0.1, 0.15) is 21.5 Å². The lowest BCUT2D eigenvalue weighted by Gasteiger charge is -2.21. The fourth-order valence-corrected chi connectivity index (χ4v) is 3.36. The molecule has 3 aromatic rings. The minimum absolute atomic E-state index is 0.110. The van der Waals surface area contributed by atoms with Crippen molar-refractivity contribution in [2.24, 2.45) is 0 Å². The molecule has 1 aliphatic heterocycles. The first-order valence-corrected chi connectivity index (χ1v) is 8.48. The number of methoxy groups -OCH3 is 2. The van der Waals surface area contributed by atoms with Gasteiger partial charge in [0.1, 0.15) is 29.4 Å². The van der Waals surface area contributed by atoms with E-state index < -0.39 is 5.97 Å². The maximum absolute atomic E-state index is 12.0. The molecule has 0 atom stereocenters. The Morgan fingerprint density at radius 1 is 1.07 bits per heavy atom. The number of phenolic OH excluding ortho intramolecular Hbond substituents is 1. The third-order valence-corrected chi connectivity index (χ3v) is 4.70. The summed E-state index contributed by atoms with van der Waals surface area (Å²) in [6, 6.07) is 14.8. The van der Waals surface area contributed by atoms with E-state index in [-0.39, 0.29) is 11.3 Å². The topological polar surface area (TPSA) is 65.0 Å². The molecule has 0 fully saturated rings. The van der Waals surface area contributed by atoms with E-state index in [4.69, 9.17) is 14.2 Å². The molecule has 1 heterocycles. The van der Waals surface area contributed by atoms with Crippen molar-refractivity contribution >= 4 is 22.3 Å². The Hall–Kier alpha value is -3.47. The number of fused-ring (bicyclic) bond motifs is 3. The molecule has 3 aromatic carbocycles. The molecule has 0 spiro atoms. The van der Waals surface area contributed by atoms with E-state index in [1.807, 2.05) is 42.5 Å². The zero-order chi connectivity index (χ0) is 19.0. The lowest BCUT2D eigenvalue weighted by Crippen LogP contribution is -2.07. The standard InChI is InChI=1S/C22H18O5/c1-25-15-6-3-13(4-7-15)16-9-10-27-20-8-5-14-11-19(23)18(22(24)26-2)12-17(14)21(16)20/h3-9,11-12,23H,10H2,1-2H3. The van der Waals surface area contributed by atoms with E-state index in [9.17, 15) is 9.90 Å². The Morgan fingerprint density at radius 2 is 1.85 bits per heavy atom. The molecular formula is C22H18O5. The zero-order valence-corrected chi connectivity index (χ0v) is 15.0. The van der Waals surface area contributed by atoms with Crippen LogP contribution in [0.2, 0.25) is 0 Å². The number of ether oxygens (including phenoxy) is 3. The highest BCUT2D eigenvalue weighted by molar-refractivity contribution is 6.05. The number of rotatable bonds is 3. The summed E-state index contributed by atoms with van der Waals surface area (Å²) in [5.74, 6) is 0.819. The smallest absolute Gasteiger partial charge is 0.341 e. The molecule has 0 radical (unpaired) electrons. The summed E-state index contributed by atoms with van der Waals surface area (Å²) in [4.78, 5) is 12.0. The molecule has 5 heteroatoms. The van der Waals surface area contributed by atoms with Gasteiger partial charge in [-0.3, -0.25) is 0 Å². The van der Waals surface area contributed by atoms with E-state index in [1.165, 1.54) is 7.11 Å². The first-order chi connectivity index (χ1) is 13.1. The SMILES string of the molecule is COC(=O)c1cc2c3c(ccc2cc1O)OCC=C3c1ccc(OC)cc1. The molecule has 136 valence electrons. The number of esters is 1. The van der Waals surface area contributed by atoms with Gasteiger partial charge in [-0.05, 0) is 58.3 Å². The molecule has 4 rings (SSSR count). The predicted molar refractivity (Wildman–Crippen MR) is 103 cm³/mol. The van der Waals surface area contributed by atoms with E-state index in [1.54, 1.807) is 19.2 Å². The Morgan fingerprint density at radius 3 is 2.56 bits per heavy atom. The maximum Gasteiger partial charge on any atom is 0.341 e.